The summed E-state index contributed by atoms with van der Waals surface area (Å²) in [5, 5.41) is 0. The molecule has 2 unspecified atom stereocenters. The summed E-state index contributed by atoms with van der Waals surface area (Å²) in [6.45, 7) is 5.42. The molecule has 0 aliphatic rings. The molecule has 0 aliphatic carbocycles. The van der Waals surface area contributed by atoms with E-state index in [1.807, 2.05) is 19.1 Å². The van der Waals surface area contributed by atoms with Gasteiger partial charge >= 0.3 is 15.6 Å². The van der Waals surface area contributed by atoms with Gasteiger partial charge in [0.25, 0.3) is 0 Å². The molecule has 262 valence electrons. The lowest BCUT2D eigenvalue weighted by Crippen LogP contribution is -2.28. The van der Waals surface area contributed by atoms with Crippen LogP contribution in [0.5, 0.6) is 5.75 Å². The van der Waals surface area contributed by atoms with Crippen LogP contribution >= 0.6 is 0 Å². The topological polar surface area (TPSA) is 212 Å². The molecular weight excluding hydrogens is 692 g/mol. The number of methoxy groups -OCH3 is 2. The number of rotatable bonds is 14. The van der Waals surface area contributed by atoms with Crippen LogP contribution in [-0.4, -0.2) is 86.6 Å². The molecule has 2 atom stereocenters. The zero-order chi connectivity index (χ0) is 35.1. The molecule has 0 fully saturated rings. The van der Waals surface area contributed by atoms with E-state index in [4.69, 9.17) is 0 Å². The minimum absolute atomic E-state index is 0.340. The van der Waals surface area contributed by atoms with Crippen molar-refractivity contribution in [3.8, 4) is 5.75 Å². The molecule has 0 aromatic heterocycles. The smallest absolute Gasteiger partial charge is 0.534 e. The quantitative estimate of drug-likeness (QED) is 0.111. The van der Waals surface area contributed by atoms with Gasteiger partial charge in [-0.2, -0.15) is 21.6 Å². The van der Waals surface area contributed by atoms with Gasteiger partial charge in [-0.25, -0.2) is 17.9 Å². The maximum absolute atomic E-state index is 12.0. The number of hydrogen-bond acceptors (Lipinski definition) is 11. The second kappa shape index (κ2) is 24.0. The third-order valence-electron chi connectivity index (χ3n) is 4.54. The molecule has 14 nitrogen and oxygen atoms in total. The van der Waals surface area contributed by atoms with Crippen molar-refractivity contribution < 1.29 is 61.2 Å². The standard InChI is InChI=1S/C9H9F3O3S.C9H13NO2S.2C3H9NO3S/c1-2-7-3-5-8(6-4-7)15-16(13,14)9(10,11)12;1-3-8-4-6-9(7-5-8)10-13(2,11)12;2*1-7-3-2-4-8(5)6/h3-6H,2H2,1H3;4-7,10H,3H2,1-2H3;2*4H,2-3H2,1H3,(H,5,6)/p-2. The van der Waals surface area contributed by atoms with Crippen molar-refractivity contribution in [3.63, 3.8) is 0 Å². The van der Waals surface area contributed by atoms with Crippen LogP contribution in [0.4, 0.5) is 18.9 Å². The summed E-state index contributed by atoms with van der Waals surface area (Å²) >= 11 is -4.29. The first-order chi connectivity index (χ1) is 20.8. The molecule has 21 heteroatoms. The van der Waals surface area contributed by atoms with Gasteiger partial charge < -0.3 is 22.8 Å². The van der Waals surface area contributed by atoms with Crippen LogP contribution in [0.15, 0.2) is 48.5 Å². The van der Waals surface area contributed by atoms with Crippen LogP contribution in [0.3, 0.4) is 0 Å². The molecule has 2 aromatic carbocycles. The molecule has 2 aromatic rings. The maximum Gasteiger partial charge on any atom is 0.534 e. The summed E-state index contributed by atoms with van der Waals surface area (Å²) in [6.07, 6.45) is 2.80. The van der Waals surface area contributed by atoms with Gasteiger partial charge in [-0.05, 0) is 48.2 Å². The van der Waals surface area contributed by atoms with E-state index in [0.29, 0.717) is 38.4 Å². The van der Waals surface area contributed by atoms with E-state index in [-0.39, 0.29) is 5.75 Å². The molecule has 0 saturated carbocycles. The van der Waals surface area contributed by atoms with Crippen LogP contribution < -0.4 is 18.3 Å². The number of ether oxygens (including phenoxy) is 2. The zero-order valence-corrected chi connectivity index (χ0v) is 28.4. The summed E-state index contributed by atoms with van der Waals surface area (Å²) in [4.78, 5) is 0. The molecule has 0 amide bonds. The average Bonchev–Trinajstić information content (AvgIpc) is 2.93. The Hall–Kier alpha value is -2.21. The van der Waals surface area contributed by atoms with Gasteiger partial charge in [0.1, 0.15) is 5.75 Å². The van der Waals surface area contributed by atoms with Gasteiger partial charge in [0, 0.05) is 55.5 Å². The molecule has 2 rings (SSSR count). The Bertz CT molecular complexity index is 1310. The number of nitrogens with one attached hydrogen (secondary N) is 3. The first-order valence-electron chi connectivity index (χ1n) is 12.6. The van der Waals surface area contributed by atoms with Crippen molar-refractivity contribution in [2.45, 2.75) is 32.2 Å². The van der Waals surface area contributed by atoms with Gasteiger partial charge in [-0.3, -0.25) is 13.1 Å². The number of alkyl halides is 3. The van der Waals surface area contributed by atoms with E-state index < -0.39 is 48.2 Å². The zero-order valence-electron chi connectivity index (χ0n) is 25.1. The number of sulfonamides is 1. The van der Waals surface area contributed by atoms with Crippen molar-refractivity contribution in [2.24, 2.45) is 0 Å². The molecule has 0 spiro atoms. The molecule has 0 bridgehead atoms. The second-order valence-corrected chi connectivity index (χ2v) is 13.0. The predicted molar refractivity (Wildman–Crippen MR) is 163 cm³/mol. The van der Waals surface area contributed by atoms with Crippen molar-refractivity contribution in [1.82, 2.24) is 9.44 Å². The Labute approximate surface area is 267 Å². The molecule has 3 N–H and O–H groups in total. The lowest BCUT2D eigenvalue weighted by molar-refractivity contribution is -0.0500. The monoisotopic (exact) mass is 729 g/mol. The molecule has 45 heavy (non-hydrogen) atoms. The van der Waals surface area contributed by atoms with Crippen molar-refractivity contribution in [3.05, 3.63) is 59.7 Å². The van der Waals surface area contributed by atoms with Crippen molar-refractivity contribution >= 4 is 48.4 Å². The SMILES string of the molecule is CCc1ccc(NS(C)(=O)=O)cc1.CCc1ccc(OS(=O)(=O)C(F)(F)F)cc1.COCCNS(=O)[O-].COCCNS(=O)[O-]. The lowest BCUT2D eigenvalue weighted by atomic mass is 10.2. The number of anilines is 1. The van der Waals surface area contributed by atoms with E-state index >= 15 is 0 Å². The Morgan fingerprint density at radius 1 is 0.756 bits per heavy atom. The van der Waals surface area contributed by atoms with Gasteiger partial charge in [0.05, 0.1) is 19.5 Å². The van der Waals surface area contributed by atoms with Crippen LogP contribution in [0.2, 0.25) is 0 Å². The molecule has 0 radical (unpaired) electrons. The van der Waals surface area contributed by atoms with E-state index in [1.165, 1.54) is 44.0 Å². The summed E-state index contributed by atoms with van der Waals surface area (Å²) in [5.74, 6) is -0.352. The van der Waals surface area contributed by atoms with Gasteiger partial charge in [-0.15, -0.1) is 0 Å². The molecular formula is C24H38F3N3O11S4-2. The summed E-state index contributed by atoms with van der Waals surface area (Å²) in [6, 6.07) is 12.7. The minimum atomic E-state index is -5.57. The van der Waals surface area contributed by atoms with Crippen LogP contribution in [0.1, 0.15) is 25.0 Å². The molecule has 0 saturated heterocycles. The highest BCUT2D eigenvalue weighted by Crippen LogP contribution is 2.27. The molecule has 0 aliphatic heterocycles. The third kappa shape index (κ3) is 25.6. The predicted octanol–water partition coefficient (Wildman–Crippen LogP) is 2.13. The number of hydrogen-bond donors (Lipinski definition) is 3. The van der Waals surface area contributed by atoms with E-state index in [0.717, 1.165) is 18.2 Å². The second-order valence-electron chi connectivity index (χ2n) is 8.15. The van der Waals surface area contributed by atoms with Crippen LogP contribution in [0.25, 0.3) is 0 Å². The highest BCUT2D eigenvalue weighted by atomic mass is 32.2. The number of aryl methyl sites for hydroxylation is 2. The van der Waals surface area contributed by atoms with Crippen LogP contribution in [0, 0.1) is 0 Å². The van der Waals surface area contributed by atoms with E-state index in [2.05, 4.69) is 34.7 Å². The summed E-state index contributed by atoms with van der Waals surface area (Å²) in [7, 11) is -5.70. The van der Waals surface area contributed by atoms with E-state index in [9.17, 15) is 47.5 Å². The highest BCUT2D eigenvalue weighted by molar-refractivity contribution is 7.92. The molecule has 0 heterocycles. The van der Waals surface area contributed by atoms with Gasteiger partial charge in [0.15, 0.2) is 0 Å². The Morgan fingerprint density at radius 2 is 1.13 bits per heavy atom. The van der Waals surface area contributed by atoms with Crippen molar-refractivity contribution in [2.75, 3.05) is 51.5 Å². The lowest BCUT2D eigenvalue weighted by Gasteiger charge is -2.09. The highest BCUT2D eigenvalue weighted by Gasteiger charge is 2.48. The van der Waals surface area contributed by atoms with E-state index in [1.54, 1.807) is 12.1 Å². The van der Waals surface area contributed by atoms with Gasteiger partial charge in [0.2, 0.25) is 10.0 Å². The Morgan fingerprint density at radius 3 is 1.42 bits per heavy atom. The fourth-order valence-electron chi connectivity index (χ4n) is 2.43. The first kappa shape index (κ1) is 44.9. The average molecular weight is 730 g/mol. The first-order valence-corrected chi connectivity index (χ1v) is 18.1. The number of halogens is 3. The summed E-state index contributed by atoms with van der Waals surface area (Å²) < 4.78 is 137. The summed E-state index contributed by atoms with van der Waals surface area (Å²) in [5.41, 5.74) is -2.73. The normalized spacial score (nSPS) is 12.6. The Balaban J connectivity index is 0. The van der Waals surface area contributed by atoms with Crippen molar-refractivity contribution in [1.29, 1.82) is 0 Å². The third-order valence-corrected chi connectivity index (χ3v) is 7.00. The largest absolute Gasteiger partial charge is 0.760 e. The van der Waals surface area contributed by atoms with Crippen LogP contribution in [-0.2, 0) is 65.0 Å². The fraction of sp³-hybridized carbons (Fsp3) is 0.500. The minimum Gasteiger partial charge on any atom is -0.760 e. The fourth-order valence-corrected chi connectivity index (χ4v) is 3.95. The van der Waals surface area contributed by atoms with Gasteiger partial charge in [-0.1, -0.05) is 38.1 Å². The number of benzene rings is 2. The maximum atomic E-state index is 12.0. The Kier molecular flexibility index (Phi) is 24.0.